The number of rotatable bonds is 2. The van der Waals surface area contributed by atoms with Gasteiger partial charge in [0.15, 0.2) is 0 Å². The molecule has 0 aliphatic rings. The molecule has 4 aromatic rings. The Hall–Kier alpha value is -2.06. The Kier molecular flexibility index (Phi) is 3.08. The van der Waals surface area contributed by atoms with E-state index in [0.29, 0.717) is 5.92 Å². The van der Waals surface area contributed by atoms with Crippen molar-refractivity contribution >= 4 is 32.4 Å². The van der Waals surface area contributed by atoms with Gasteiger partial charge in [0.2, 0.25) is 0 Å². The zero-order valence-electron chi connectivity index (χ0n) is 13.0. The van der Waals surface area contributed by atoms with Crippen molar-refractivity contribution in [2.24, 2.45) is 0 Å². The van der Waals surface area contributed by atoms with E-state index in [2.05, 4.69) is 69.3 Å². The quantitative estimate of drug-likeness (QED) is 0.399. The molecule has 1 nitrogen and oxygen atoms in total. The molecule has 2 heterocycles. The van der Waals surface area contributed by atoms with Gasteiger partial charge in [-0.3, -0.25) is 0 Å². The van der Waals surface area contributed by atoms with Crippen LogP contribution in [0.3, 0.4) is 0 Å². The fourth-order valence-electron chi connectivity index (χ4n) is 2.93. The molecular weight excluding hydrogens is 288 g/mol. The van der Waals surface area contributed by atoms with Crippen LogP contribution in [0.1, 0.15) is 30.9 Å². The summed E-state index contributed by atoms with van der Waals surface area (Å²) >= 11 is 1.80. The highest BCUT2D eigenvalue weighted by atomic mass is 32.1. The molecule has 4 rings (SSSR count). The Morgan fingerprint density at radius 2 is 1.82 bits per heavy atom. The molecule has 0 aliphatic carbocycles. The minimum atomic E-state index is 0.516. The molecule has 0 spiro atoms. The molecule has 0 amide bonds. The standard InChI is InChI=1S/C20H18OS/c1-12(2)14-8-9-16-13(3)20(21-17(16)10-14)19-11-15-6-4-5-7-18(15)22-19/h4-12H,1-3H3. The zero-order valence-corrected chi connectivity index (χ0v) is 13.8. The molecule has 0 radical (unpaired) electrons. The maximum atomic E-state index is 6.22. The molecule has 2 aromatic heterocycles. The van der Waals surface area contributed by atoms with Gasteiger partial charge in [-0.25, -0.2) is 0 Å². The lowest BCUT2D eigenvalue weighted by Gasteiger charge is -2.03. The van der Waals surface area contributed by atoms with E-state index >= 15 is 0 Å². The molecule has 0 saturated heterocycles. The summed E-state index contributed by atoms with van der Waals surface area (Å²) in [5.41, 5.74) is 3.55. The summed E-state index contributed by atoms with van der Waals surface area (Å²) in [6.45, 7) is 6.58. The molecule has 2 heteroatoms. The van der Waals surface area contributed by atoms with Gasteiger partial charge >= 0.3 is 0 Å². The molecule has 0 bridgehead atoms. The van der Waals surface area contributed by atoms with Crippen LogP contribution in [0.4, 0.5) is 0 Å². The Balaban J connectivity index is 1.92. The summed E-state index contributed by atoms with van der Waals surface area (Å²) in [4.78, 5) is 1.21. The lowest BCUT2D eigenvalue weighted by Crippen LogP contribution is -1.85. The van der Waals surface area contributed by atoms with Crippen LogP contribution in [0.5, 0.6) is 0 Å². The van der Waals surface area contributed by atoms with E-state index in [-0.39, 0.29) is 0 Å². The largest absolute Gasteiger partial charge is 0.455 e. The Labute approximate surface area is 134 Å². The third-order valence-electron chi connectivity index (χ3n) is 4.28. The van der Waals surface area contributed by atoms with Crippen LogP contribution in [0, 0.1) is 6.92 Å². The first kappa shape index (κ1) is 13.6. The van der Waals surface area contributed by atoms with Gasteiger partial charge in [0.1, 0.15) is 11.3 Å². The number of benzene rings is 2. The molecule has 0 saturated carbocycles. The van der Waals surface area contributed by atoms with Crippen LogP contribution in [-0.2, 0) is 0 Å². The zero-order chi connectivity index (χ0) is 15.3. The fraction of sp³-hybridized carbons (Fsp3) is 0.200. The summed E-state index contributed by atoms with van der Waals surface area (Å²) in [7, 11) is 0. The Morgan fingerprint density at radius 3 is 2.59 bits per heavy atom. The summed E-state index contributed by atoms with van der Waals surface area (Å²) < 4.78 is 7.52. The molecule has 0 fully saturated rings. The highest BCUT2D eigenvalue weighted by Crippen LogP contribution is 2.39. The molecular formula is C20H18OS. The van der Waals surface area contributed by atoms with Crippen molar-refractivity contribution in [1.29, 1.82) is 0 Å². The van der Waals surface area contributed by atoms with Gasteiger partial charge in [0.05, 0.1) is 4.88 Å². The molecule has 0 unspecified atom stereocenters. The van der Waals surface area contributed by atoms with Crippen molar-refractivity contribution < 1.29 is 4.42 Å². The van der Waals surface area contributed by atoms with Crippen LogP contribution in [-0.4, -0.2) is 0 Å². The first-order valence-electron chi connectivity index (χ1n) is 7.65. The van der Waals surface area contributed by atoms with Crippen molar-refractivity contribution in [2.45, 2.75) is 26.7 Å². The van der Waals surface area contributed by atoms with Gasteiger partial charge in [-0.15, -0.1) is 11.3 Å². The van der Waals surface area contributed by atoms with E-state index in [0.717, 1.165) is 11.3 Å². The van der Waals surface area contributed by atoms with Gasteiger partial charge < -0.3 is 4.42 Å². The van der Waals surface area contributed by atoms with E-state index < -0.39 is 0 Å². The van der Waals surface area contributed by atoms with Crippen molar-refractivity contribution in [3.63, 3.8) is 0 Å². The molecule has 0 atom stereocenters. The van der Waals surface area contributed by atoms with E-state index in [1.165, 1.54) is 31.5 Å². The van der Waals surface area contributed by atoms with Crippen molar-refractivity contribution in [3.8, 4) is 10.6 Å². The minimum Gasteiger partial charge on any atom is -0.455 e. The molecule has 0 N–H and O–H groups in total. The Morgan fingerprint density at radius 1 is 1.00 bits per heavy atom. The first-order chi connectivity index (χ1) is 10.6. The monoisotopic (exact) mass is 306 g/mol. The van der Waals surface area contributed by atoms with Crippen LogP contribution < -0.4 is 0 Å². The topological polar surface area (TPSA) is 13.1 Å². The Bertz CT molecular complexity index is 939. The SMILES string of the molecule is Cc1c(-c2cc3ccccc3s2)oc2cc(C(C)C)ccc12. The second-order valence-electron chi connectivity index (χ2n) is 6.11. The summed E-state index contributed by atoms with van der Waals surface area (Å²) in [6.07, 6.45) is 0. The van der Waals surface area contributed by atoms with Crippen molar-refractivity contribution in [2.75, 3.05) is 0 Å². The predicted molar refractivity (Wildman–Crippen MR) is 95.9 cm³/mol. The predicted octanol–water partition coefficient (Wildman–Crippen LogP) is 6.75. The number of aryl methyl sites for hydroxylation is 1. The van der Waals surface area contributed by atoms with E-state index in [9.17, 15) is 0 Å². The molecule has 0 aliphatic heterocycles. The summed E-state index contributed by atoms with van der Waals surface area (Å²) in [6, 6.07) is 17.3. The molecule has 110 valence electrons. The van der Waals surface area contributed by atoms with Crippen LogP contribution in [0.25, 0.3) is 31.7 Å². The number of thiophene rings is 1. The lowest BCUT2D eigenvalue weighted by atomic mass is 10.0. The second-order valence-corrected chi connectivity index (χ2v) is 7.20. The average molecular weight is 306 g/mol. The third-order valence-corrected chi connectivity index (χ3v) is 5.39. The molecule has 2 aromatic carbocycles. The van der Waals surface area contributed by atoms with E-state index in [1.807, 2.05) is 0 Å². The number of hydrogen-bond donors (Lipinski definition) is 0. The van der Waals surface area contributed by atoms with E-state index in [4.69, 9.17) is 4.42 Å². The lowest BCUT2D eigenvalue weighted by molar-refractivity contribution is 0.629. The highest BCUT2D eigenvalue weighted by molar-refractivity contribution is 7.22. The van der Waals surface area contributed by atoms with Gasteiger partial charge in [-0.2, -0.15) is 0 Å². The summed E-state index contributed by atoms with van der Waals surface area (Å²) in [5.74, 6) is 1.53. The van der Waals surface area contributed by atoms with Crippen molar-refractivity contribution in [3.05, 3.63) is 59.7 Å². The van der Waals surface area contributed by atoms with Gasteiger partial charge in [-0.1, -0.05) is 44.2 Å². The maximum absolute atomic E-state index is 6.22. The number of furan rings is 1. The average Bonchev–Trinajstić information content (AvgIpc) is 3.08. The molecule has 22 heavy (non-hydrogen) atoms. The number of fused-ring (bicyclic) bond motifs is 2. The van der Waals surface area contributed by atoms with Crippen LogP contribution in [0.2, 0.25) is 0 Å². The normalized spacial score (nSPS) is 11.8. The highest BCUT2D eigenvalue weighted by Gasteiger charge is 2.15. The van der Waals surface area contributed by atoms with E-state index in [1.54, 1.807) is 11.3 Å². The van der Waals surface area contributed by atoms with Gasteiger partial charge in [0.25, 0.3) is 0 Å². The smallest absolute Gasteiger partial charge is 0.148 e. The van der Waals surface area contributed by atoms with Gasteiger partial charge in [0, 0.05) is 15.6 Å². The van der Waals surface area contributed by atoms with Crippen LogP contribution >= 0.6 is 11.3 Å². The first-order valence-corrected chi connectivity index (χ1v) is 8.47. The minimum absolute atomic E-state index is 0.516. The third kappa shape index (κ3) is 2.06. The maximum Gasteiger partial charge on any atom is 0.148 e. The van der Waals surface area contributed by atoms with Crippen LogP contribution in [0.15, 0.2) is 52.9 Å². The summed E-state index contributed by atoms with van der Waals surface area (Å²) in [5, 5.41) is 2.50. The number of hydrogen-bond acceptors (Lipinski definition) is 2. The fourth-order valence-corrected chi connectivity index (χ4v) is 4.03. The van der Waals surface area contributed by atoms with Gasteiger partial charge in [-0.05, 0) is 42.0 Å². The second kappa shape index (κ2) is 4.99. The van der Waals surface area contributed by atoms with Crippen molar-refractivity contribution in [1.82, 2.24) is 0 Å².